The molecule has 0 fully saturated rings. The first kappa shape index (κ1) is 30.2. The lowest BCUT2D eigenvalue weighted by atomic mass is 10.1. The van der Waals surface area contributed by atoms with Crippen LogP contribution in [0.5, 0.6) is 5.75 Å². The zero-order valence-corrected chi connectivity index (χ0v) is 23.7. The van der Waals surface area contributed by atoms with Crippen molar-refractivity contribution in [3.8, 4) is 5.75 Å². The summed E-state index contributed by atoms with van der Waals surface area (Å²) < 4.78 is 32.1. The number of anilines is 1. The van der Waals surface area contributed by atoms with Gasteiger partial charge in [0.05, 0.1) is 18.6 Å². The maximum atomic E-state index is 13.4. The molecular weight excluding hydrogens is 490 g/mol. The Morgan fingerprint density at radius 3 is 2.27 bits per heavy atom. The van der Waals surface area contributed by atoms with Crippen LogP contribution >= 0.6 is 0 Å². The Morgan fingerprint density at radius 2 is 1.68 bits per heavy atom. The van der Waals surface area contributed by atoms with E-state index in [0.717, 1.165) is 23.8 Å². The Morgan fingerprint density at radius 1 is 1.03 bits per heavy atom. The van der Waals surface area contributed by atoms with Crippen LogP contribution in [0.4, 0.5) is 5.69 Å². The van der Waals surface area contributed by atoms with Gasteiger partial charge in [0.2, 0.25) is 21.8 Å². The molecular formula is C28H41N3O5S. The number of rotatable bonds is 14. The minimum absolute atomic E-state index is 0.00000354. The van der Waals surface area contributed by atoms with E-state index < -0.39 is 16.1 Å². The first-order valence-corrected chi connectivity index (χ1v) is 14.7. The molecule has 8 nitrogen and oxygen atoms in total. The van der Waals surface area contributed by atoms with Crippen molar-refractivity contribution >= 4 is 27.5 Å². The second kappa shape index (κ2) is 14.0. The molecule has 1 N–H and O–H groups in total. The molecule has 0 aliphatic heterocycles. The van der Waals surface area contributed by atoms with Crippen LogP contribution in [0.15, 0.2) is 48.5 Å². The summed E-state index contributed by atoms with van der Waals surface area (Å²) >= 11 is 0. The smallest absolute Gasteiger partial charge is 0.242 e. The highest BCUT2D eigenvalue weighted by atomic mass is 32.2. The van der Waals surface area contributed by atoms with Gasteiger partial charge < -0.3 is 15.0 Å². The number of para-hydroxylation sites is 2. The summed E-state index contributed by atoms with van der Waals surface area (Å²) in [4.78, 5) is 27.9. The van der Waals surface area contributed by atoms with Crippen molar-refractivity contribution in [2.45, 2.75) is 72.5 Å². The number of nitrogens with zero attached hydrogens (tertiary/aromatic N) is 2. The first-order chi connectivity index (χ1) is 17.5. The van der Waals surface area contributed by atoms with Gasteiger partial charge in [0.15, 0.2) is 0 Å². The van der Waals surface area contributed by atoms with E-state index in [1.165, 1.54) is 4.31 Å². The maximum Gasteiger partial charge on any atom is 0.242 e. The van der Waals surface area contributed by atoms with E-state index in [1.54, 1.807) is 36.1 Å². The van der Waals surface area contributed by atoms with Gasteiger partial charge in [0.25, 0.3) is 0 Å². The Bertz CT molecular complexity index is 1130. The number of ether oxygens (including phenoxy) is 1. The highest BCUT2D eigenvalue weighted by Crippen LogP contribution is 2.30. The van der Waals surface area contributed by atoms with Crippen LogP contribution in [0.3, 0.4) is 0 Å². The molecule has 2 atom stereocenters. The lowest BCUT2D eigenvalue weighted by Crippen LogP contribution is -2.49. The van der Waals surface area contributed by atoms with Crippen LogP contribution < -0.4 is 14.4 Å². The summed E-state index contributed by atoms with van der Waals surface area (Å²) in [6.45, 7) is 10.3. The fourth-order valence-electron chi connectivity index (χ4n) is 3.86. The number of carbonyl (C=O) groups is 2. The molecule has 0 bridgehead atoms. The monoisotopic (exact) mass is 531 g/mol. The molecule has 204 valence electrons. The summed E-state index contributed by atoms with van der Waals surface area (Å²) in [5, 5.41) is 2.96. The molecule has 2 aromatic carbocycles. The third kappa shape index (κ3) is 9.07. The van der Waals surface area contributed by atoms with Crippen LogP contribution in [0.1, 0.15) is 58.1 Å². The molecule has 37 heavy (non-hydrogen) atoms. The summed E-state index contributed by atoms with van der Waals surface area (Å²) in [5.41, 5.74) is 2.47. The molecule has 0 heterocycles. The Balaban J connectivity index is 2.20. The van der Waals surface area contributed by atoms with Crippen molar-refractivity contribution in [2.24, 2.45) is 0 Å². The maximum absolute atomic E-state index is 13.4. The summed E-state index contributed by atoms with van der Waals surface area (Å²) in [5.74, 6) is 0.0511. The Labute approximate surface area is 222 Å². The van der Waals surface area contributed by atoms with E-state index in [9.17, 15) is 18.0 Å². The first-order valence-electron chi connectivity index (χ1n) is 12.8. The summed E-state index contributed by atoms with van der Waals surface area (Å²) in [7, 11) is -3.61. The largest absolute Gasteiger partial charge is 0.492 e. The number of carbonyl (C=O) groups excluding carboxylic acids is 2. The lowest BCUT2D eigenvalue weighted by Gasteiger charge is -2.30. The van der Waals surface area contributed by atoms with Crippen molar-refractivity contribution in [3.63, 3.8) is 0 Å². The normalized spacial score (nSPS) is 12.9. The quantitative estimate of drug-likeness (QED) is 0.393. The third-order valence-corrected chi connectivity index (χ3v) is 7.41. The number of sulfonamides is 1. The van der Waals surface area contributed by atoms with Crippen molar-refractivity contribution in [3.05, 3.63) is 59.7 Å². The highest BCUT2D eigenvalue weighted by molar-refractivity contribution is 7.92. The SMILES string of the molecule is CCOc1ccccc1N(CCCC(=O)N(Cc1ccc(C)cc1)[C@@H](C)C(=O)N[C@H](C)CC)S(C)(=O)=O. The van der Waals surface area contributed by atoms with E-state index in [4.69, 9.17) is 4.74 Å². The predicted octanol–water partition coefficient (Wildman–Crippen LogP) is 4.27. The fraction of sp³-hybridized carbons (Fsp3) is 0.500. The predicted molar refractivity (Wildman–Crippen MR) is 148 cm³/mol. The zero-order chi connectivity index (χ0) is 27.6. The Hall–Kier alpha value is -3.07. The molecule has 0 spiro atoms. The van der Waals surface area contributed by atoms with Gasteiger partial charge in [0, 0.05) is 25.6 Å². The van der Waals surface area contributed by atoms with Crippen LogP contribution in [0.2, 0.25) is 0 Å². The number of hydrogen-bond donors (Lipinski definition) is 1. The molecule has 2 amide bonds. The van der Waals surface area contributed by atoms with Crippen LogP contribution in [0.25, 0.3) is 0 Å². The summed E-state index contributed by atoms with van der Waals surface area (Å²) in [6, 6.07) is 14.1. The molecule has 0 saturated carbocycles. The number of hydrogen-bond acceptors (Lipinski definition) is 5. The zero-order valence-electron chi connectivity index (χ0n) is 22.9. The van der Waals surface area contributed by atoms with Gasteiger partial charge >= 0.3 is 0 Å². The van der Waals surface area contributed by atoms with Gasteiger partial charge in [-0.25, -0.2) is 8.42 Å². The third-order valence-electron chi connectivity index (χ3n) is 6.23. The van der Waals surface area contributed by atoms with E-state index in [2.05, 4.69) is 5.32 Å². The van der Waals surface area contributed by atoms with Gasteiger partial charge in [-0.1, -0.05) is 48.9 Å². The second-order valence-electron chi connectivity index (χ2n) is 9.34. The number of benzene rings is 2. The van der Waals surface area contributed by atoms with Crippen LogP contribution in [-0.4, -0.2) is 56.6 Å². The minimum atomic E-state index is -3.61. The molecule has 2 aromatic rings. The van der Waals surface area contributed by atoms with Gasteiger partial charge in [-0.3, -0.25) is 13.9 Å². The lowest BCUT2D eigenvalue weighted by molar-refractivity contribution is -0.140. The van der Waals surface area contributed by atoms with E-state index in [0.29, 0.717) is 18.0 Å². The van der Waals surface area contributed by atoms with Gasteiger partial charge in [-0.05, 0) is 58.2 Å². The van der Waals surface area contributed by atoms with E-state index >= 15 is 0 Å². The topological polar surface area (TPSA) is 96.0 Å². The van der Waals surface area contributed by atoms with E-state index in [-0.39, 0.29) is 43.8 Å². The van der Waals surface area contributed by atoms with Crippen LogP contribution in [-0.2, 0) is 26.2 Å². The van der Waals surface area contributed by atoms with Crippen molar-refractivity contribution in [1.82, 2.24) is 10.2 Å². The van der Waals surface area contributed by atoms with Crippen molar-refractivity contribution < 1.29 is 22.7 Å². The molecule has 2 rings (SSSR count). The Kier molecular flexibility index (Phi) is 11.4. The minimum Gasteiger partial charge on any atom is -0.492 e. The molecule has 9 heteroatoms. The second-order valence-corrected chi connectivity index (χ2v) is 11.2. The summed E-state index contributed by atoms with van der Waals surface area (Å²) in [6.07, 6.45) is 2.31. The number of amides is 2. The molecule has 0 saturated heterocycles. The van der Waals surface area contributed by atoms with Gasteiger partial charge in [-0.2, -0.15) is 0 Å². The number of nitrogens with one attached hydrogen (secondary N) is 1. The van der Waals surface area contributed by atoms with Gasteiger partial charge in [-0.15, -0.1) is 0 Å². The standard InChI is InChI=1S/C28H41N3O5S/c1-7-22(4)29-28(33)23(5)30(20-24-17-15-21(3)16-18-24)27(32)14-11-19-31(37(6,34)35)25-12-9-10-13-26(25)36-8-2/h9-10,12-13,15-18,22-23H,7-8,11,14,19-20H2,1-6H3,(H,29,33)/t22-,23+/m1/s1. The molecule has 0 radical (unpaired) electrons. The van der Waals surface area contributed by atoms with Crippen molar-refractivity contribution in [1.29, 1.82) is 0 Å². The molecule has 0 aliphatic carbocycles. The highest BCUT2D eigenvalue weighted by Gasteiger charge is 2.27. The molecule has 0 aliphatic rings. The average Bonchev–Trinajstić information content (AvgIpc) is 2.85. The van der Waals surface area contributed by atoms with E-state index in [1.807, 2.05) is 52.0 Å². The molecule has 0 unspecified atom stereocenters. The fourth-order valence-corrected chi connectivity index (χ4v) is 4.83. The van der Waals surface area contributed by atoms with Crippen LogP contribution in [0, 0.1) is 6.92 Å². The molecule has 0 aromatic heterocycles. The van der Waals surface area contributed by atoms with Gasteiger partial charge in [0.1, 0.15) is 11.8 Å². The van der Waals surface area contributed by atoms with Crippen molar-refractivity contribution in [2.75, 3.05) is 23.7 Å². The number of aryl methyl sites for hydroxylation is 1. The average molecular weight is 532 g/mol.